The van der Waals surface area contributed by atoms with Gasteiger partial charge in [-0.1, -0.05) is 44.2 Å². The van der Waals surface area contributed by atoms with Gasteiger partial charge in [0.25, 0.3) is 5.91 Å². The van der Waals surface area contributed by atoms with Crippen LogP contribution in [0.2, 0.25) is 0 Å². The molecule has 3 amide bonds. The van der Waals surface area contributed by atoms with Gasteiger partial charge in [0.15, 0.2) is 0 Å². The molecule has 2 fully saturated rings. The summed E-state index contributed by atoms with van der Waals surface area (Å²) in [5.41, 5.74) is 0.755. The molecule has 0 atom stereocenters. The SMILES string of the molecule is O=C(Nc1ccccc1C(=O)NC1CCCC1)C(=O)NC1CCCCC1. The summed E-state index contributed by atoms with van der Waals surface area (Å²) in [6, 6.07) is 7.07. The van der Waals surface area contributed by atoms with Crippen LogP contribution in [0.5, 0.6) is 0 Å². The van der Waals surface area contributed by atoms with Gasteiger partial charge in [0.2, 0.25) is 0 Å². The van der Waals surface area contributed by atoms with E-state index in [1.54, 1.807) is 24.3 Å². The van der Waals surface area contributed by atoms with E-state index >= 15 is 0 Å². The molecule has 0 unspecified atom stereocenters. The van der Waals surface area contributed by atoms with E-state index in [0.29, 0.717) is 11.3 Å². The number of para-hydroxylation sites is 1. The number of benzene rings is 1. The third-order valence-corrected chi connectivity index (χ3v) is 5.26. The van der Waals surface area contributed by atoms with E-state index in [-0.39, 0.29) is 18.0 Å². The molecule has 0 spiro atoms. The molecule has 6 heteroatoms. The van der Waals surface area contributed by atoms with E-state index in [1.807, 2.05) is 0 Å². The van der Waals surface area contributed by atoms with Crippen molar-refractivity contribution in [1.29, 1.82) is 0 Å². The summed E-state index contributed by atoms with van der Waals surface area (Å²) in [5, 5.41) is 8.40. The topological polar surface area (TPSA) is 87.3 Å². The summed E-state index contributed by atoms with van der Waals surface area (Å²) in [7, 11) is 0. The lowest BCUT2D eigenvalue weighted by Crippen LogP contribution is -2.43. The molecular formula is C20H27N3O3. The van der Waals surface area contributed by atoms with E-state index in [1.165, 1.54) is 6.42 Å². The van der Waals surface area contributed by atoms with Crippen molar-refractivity contribution in [3.05, 3.63) is 29.8 Å². The fourth-order valence-corrected chi connectivity index (χ4v) is 3.80. The Morgan fingerprint density at radius 2 is 1.31 bits per heavy atom. The van der Waals surface area contributed by atoms with Crippen molar-refractivity contribution in [3.63, 3.8) is 0 Å². The first-order chi connectivity index (χ1) is 12.6. The quantitative estimate of drug-likeness (QED) is 0.724. The summed E-state index contributed by atoms with van der Waals surface area (Å²) in [6.07, 6.45) is 9.41. The van der Waals surface area contributed by atoms with Crippen LogP contribution in [-0.4, -0.2) is 29.8 Å². The first-order valence-electron chi connectivity index (χ1n) is 9.65. The molecule has 2 saturated carbocycles. The van der Waals surface area contributed by atoms with Gasteiger partial charge in [-0.05, 0) is 37.8 Å². The van der Waals surface area contributed by atoms with Gasteiger partial charge in [0.05, 0.1) is 11.3 Å². The standard InChI is InChI=1S/C20H27N3O3/c24-18(21-14-10-4-5-11-14)16-12-6-7-13-17(16)23-20(26)19(25)22-15-8-2-1-3-9-15/h6-7,12-15H,1-5,8-11H2,(H,21,24)(H,22,25)(H,23,26). The fraction of sp³-hybridized carbons (Fsp3) is 0.550. The second kappa shape index (κ2) is 8.83. The van der Waals surface area contributed by atoms with Crippen LogP contribution in [0.25, 0.3) is 0 Å². The van der Waals surface area contributed by atoms with Gasteiger partial charge >= 0.3 is 11.8 Å². The number of amides is 3. The molecule has 0 saturated heterocycles. The summed E-state index contributed by atoms with van der Waals surface area (Å²) in [4.78, 5) is 36.9. The maximum atomic E-state index is 12.5. The smallest absolute Gasteiger partial charge is 0.313 e. The van der Waals surface area contributed by atoms with Crippen molar-refractivity contribution in [3.8, 4) is 0 Å². The molecule has 2 aliphatic rings. The van der Waals surface area contributed by atoms with Crippen molar-refractivity contribution >= 4 is 23.4 Å². The molecule has 26 heavy (non-hydrogen) atoms. The maximum absolute atomic E-state index is 12.5. The lowest BCUT2D eigenvalue weighted by atomic mass is 9.95. The van der Waals surface area contributed by atoms with Gasteiger partial charge in [-0.3, -0.25) is 14.4 Å². The zero-order chi connectivity index (χ0) is 18.4. The Hall–Kier alpha value is -2.37. The molecule has 2 aliphatic carbocycles. The van der Waals surface area contributed by atoms with Crippen LogP contribution in [0.3, 0.4) is 0 Å². The van der Waals surface area contributed by atoms with Crippen LogP contribution in [0, 0.1) is 0 Å². The highest BCUT2D eigenvalue weighted by molar-refractivity contribution is 6.40. The second-order valence-corrected chi connectivity index (χ2v) is 7.26. The monoisotopic (exact) mass is 357 g/mol. The van der Waals surface area contributed by atoms with Gasteiger partial charge < -0.3 is 16.0 Å². The van der Waals surface area contributed by atoms with Crippen LogP contribution >= 0.6 is 0 Å². The molecule has 0 aromatic heterocycles. The minimum Gasteiger partial charge on any atom is -0.349 e. The summed E-state index contributed by atoms with van der Waals surface area (Å²) in [6.45, 7) is 0. The van der Waals surface area contributed by atoms with Crippen molar-refractivity contribution in [1.82, 2.24) is 10.6 Å². The fourth-order valence-electron chi connectivity index (χ4n) is 3.80. The minimum atomic E-state index is -0.725. The summed E-state index contributed by atoms with van der Waals surface area (Å²) < 4.78 is 0. The van der Waals surface area contributed by atoms with Crippen molar-refractivity contribution < 1.29 is 14.4 Å². The maximum Gasteiger partial charge on any atom is 0.313 e. The lowest BCUT2D eigenvalue weighted by molar-refractivity contribution is -0.136. The molecule has 140 valence electrons. The number of hydrogen-bond acceptors (Lipinski definition) is 3. The molecule has 3 N–H and O–H groups in total. The van der Waals surface area contributed by atoms with Gasteiger partial charge in [0.1, 0.15) is 0 Å². The second-order valence-electron chi connectivity index (χ2n) is 7.26. The molecule has 3 rings (SSSR count). The third-order valence-electron chi connectivity index (χ3n) is 5.26. The zero-order valence-electron chi connectivity index (χ0n) is 15.1. The third kappa shape index (κ3) is 4.84. The van der Waals surface area contributed by atoms with E-state index in [9.17, 15) is 14.4 Å². The average molecular weight is 357 g/mol. The van der Waals surface area contributed by atoms with Crippen LogP contribution < -0.4 is 16.0 Å². The molecular weight excluding hydrogens is 330 g/mol. The highest BCUT2D eigenvalue weighted by Crippen LogP contribution is 2.21. The number of carbonyl (C=O) groups excluding carboxylic acids is 3. The number of anilines is 1. The highest BCUT2D eigenvalue weighted by atomic mass is 16.2. The van der Waals surface area contributed by atoms with E-state index in [0.717, 1.165) is 51.4 Å². The molecule has 1 aromatic carbocycles. The Morgan fingerprint density at radius 3 is 2.00 bits per heavy atom. The van der Waals surface area contributed by atoms with E-state index in [2.05, 4.69) is 16.0 Å². The predicted molar refractivity (Wildman–Crippen MR) is 99.8 cm³/mol. The van der Waals surface area contributed by atoms with Gasteiger partial charge in [-0.15, -0.1) is 0 Å². The predicted octanol–water partition coefficient (Wildman–Crippen LogP) is 2.75. The van der Waals surface area contributed by atoms with Crippen molar-refractivity contribution in [2.75, 3.05) is 5.32 Å². The van der Waals surface area contributed by atoms with Gasteiger partial charge in [0, 0.05) is 12.1 Å². The Balaban J connectivity index is 1.60. The van der Waals surface area contributed by atoms with Crippen LogP contribution in [0.15, 0.2) is 24.3 Å². The molecule has 1 aromatic rings. The molecule has 0 heterocycles. The largest absolute Gasteiger partial charge is 0.349 e. The molecule has 0 aliphatic heterocycles. The molecule has 0 radical (unpaired) electrons. The van der Waals surface area contributed by atoms with Gasteiger partial charge in [-0.2, -0.15) is 0 Å². The van der Waals surface area contributed by atoms with Crippen molar-refractivity contribution in [2.45, 2.75) is 69.9 Å². The van der Waals surface area contributed by atoms with Crippen molar-refractivity contribution in [2.24, 2.45) is 0 Å². The molecule has 6 nitrogen and oxygen atoms in total. The van der Waals surface area contributed by atoms with Gasteiger partial charge in [-0.25, -0.2) is 0 Å². The Morgan fingerprint density at radius 1 is 0.731 bits per heavy atom. The van der Waals surface area contributed by atoms with Crippen LogP contribution in [-0.2, 0) is 9.59 Å². The zero-order valence-corrected chi connectivity index (χ0v) is 15.1. The minimum absolute atomic E-state index is 0.0721. The average Bonchev–Trinajstić information content (AvgIpc) is 3.16. The Kier molecular flexibility index (Phi) is 6.26. The van der Waals surface area contributed by atoms with E-state index < -0.39 is 11.8 Å². The lowest BCUT2D eigenvalue weighted by Gasteiger charge is -2.22. The summed E-state index contributed by atoms with van der Waals surface area (Å²) in [5.74, 6) is -1.57. The number of carbonyl (C=O) groups is 3. The normalized spacial score (nSPS) is 18.3. The first-order valence-corrected chi connectivity index (χ1v) is 9.65. The Bertz CT molecular complexity index is 662. The number of rotatable bonds is 4. The van der Waals surface area contributed by atoms with Crippen LogP contribution in [0.4, 0.5) is 5.69 Å². The molecule has 0 bridgehead atoms. The number of nitrogens with one attached hydrogen (secondary N) is 3. The highest BCUT2D eigenvalue weighted by Gasteiger charge is 2.23. The first kappa shape index (κ1) is 18.4. The Labute approximate surface area is 154 Å². The summed E-state index contributed by atoms with van der Waals surface area (Å²) >= 11 is 0. The van der Waals surface area contributed by atoms with Crippen LogP contribution in [0.1, 0.15) is 68.1 Å². The number of hydrogen-bond donors (Lipinski definition) is 3. The van der Waals surface area contributed by atoms with E-state index in [4.69, 9.17) is 0 Å².